The second-order valence-electron chi connectivity index (χ2n) is 4.82. The molecule has 1 heterocycles. The number of hydrogen-bond acceptors (Lipinski definition) is 4. The van der Waals surface area contributed by atoms with E-state index in [9.17, 15) is 9.90 Å². The molecule has 1 unspecified atom stereocenters. The van der Waals surface area contributed by atoms with Gasteiger partial charge in [-0.3, -0.25) is 9.69 Å². The second-order valence-corrected chi connectivity index (χ2v) is 4.82. The van der Waals surface area contributed by atoms with Crippen LogP contribution in [0.5, 0.6) is 5.75 Å². The first kappa shape index (κ1) is 13.1. The Morgan fingerprint density at radius 1 is 1.44 bits per heavy atom. The van der Waals surface area contributed by atoms with Crippen LogP contribution in [0.3, 0.4) is 0 Å². The standard InChI is InChI=1S/C14H19NO3/c1-18-10-11-6-7-15(8-11)9-14(17)12-2-4-13(16)5-3-12/h2-5,11,16H,6-10H2,1H3. The van der Waals surface area contributed by atoms with E-state index < -0.39 is 0 Å². The number of hydrogen-bond donors (Lipinski definition) is 1. The summed E-state index contributed by atoms with van der Waals surface area (Å²) in [5.41, 5.74) is 0.656. The smallest absolute Gasteiger partial charge is 0.176 e. The van der Waals surface area contributed by atoms with Gasteiger partial charge in [0, 0.05) is 19.2 Å². The summed E-state index contributed by atoms with van der Waals surface area (Å²) in [5.74, 6) is 0.837. The Morgan fingerprint density at radius 2 is 2.17 bits per heavy atom. The van der Waals surface area contributed by atoms with E-state index in [1.807, 2.05) is 0 Å². The van der Waals surface area contributed by atoms with Gasteiger partial charge in [0.2, 0.25) is 0 Å². The molecule has 98 valence electrons. The molecule has 0 spiro atoms. The molecular formula is C14H19NO3. The number of Topliss-reactive ketones (excluding diaryl/α,β-unsaturated/α-hetero) is 1. The molecule has 0 saturated carbocycles. The molecule has 2 rings (SSSR count). The van der Waals surface area contributed by atoms with Gasteiger partial charge in [0.15, 0.2) is 5.78 Å². The van der Waals surface area contributed by atoms with Crippen molar-refractivity contribution < 1.29 is 14.6 Å². The fourth-order valence-electron chi connectivity index (χ4n) is 2.37. The third kappa shape index (κ3) is 3.31. The largest absolute Gasteiger partial charge is 0.508 e. The number of aromatic hydroxyl groups is 1. The minimum absolute atomic E-state index is 0.105. The fourth-order valence-corrected chi connectivity index (χ4v) is 2.37. The Hall–Kier alpha value is -1.39. The van der Waals surface area contributed by atoms with Crippen molar-refractivity contribution in [3.05, 3.63) is 29.8 Å². The molecule has 0 aliphatic carbocycles. The van der Waals surface area contributed by atoms with Crippen LogP contribution < -0.4 is 0 Å². The van der Waals surface area contributed by atoms with Crippen LogP contribution in [0.2, 0.25) is 0 Å². The first-order valence-electron chi connectivity index (χ1n) is 6.22. The van der Waals surface area contributed by atoms with Gasteiger partial charge in [0.05, 0.1) is 13.2 Å². The van der Waals surface area contributed by atoms with E-state index in [4.69, 9.17) is 4.74 Å². The van der Waals surface area contributed by atoms with Crippen molar-refractivity contribution in [2.75, 3.05) is 33.4 Å². The van der Waals surface area contributed by atoms with Crippen molar-refractivity contribution >= 4 is 5.78 Å². The van der Waals surface area contributed by atoms with Gasteiger partial charge in [-0.15, -0.1) is 0 Å². The predicted octanol–water partition coefficient (Wildman–Crippen LogP) is 1.54. The van der Waals surface area contributed by atoms with E-state index in [2.05, 4.69) is 4.90 Å². The highest BCUT2D eigenvalue weighted by Crippen LogP contribution is 2.17. The van der Waals surface area contributed by atoms with E-state index in [0.717, 1.165) is 26.1 Å². The molecule has 1 aliphatic heterocycles. The van der Waals surface area contributed by atoms with Crippen LogP contribution in [0.15, 0.2) is 24.3 Å². The third-order valence-electron chi connectivity index (χ3n) is 3.33. The van der Waals surface area contributed by atoms with Gasteiger partial charge in [-0.25, -0.2) is 0 Å². The molecule has 0 radical (unpaired) electrons. The molecule has 1 N–H and O–H groups in total. The molecule has 0 bridgehead atoms. The number of carbonyl (C=O) groups is 1. The number of phenols is 1. The van der Waals surface area contributed by atoms with Crippen LogP contribution in [0, 0.1) is 5.92 Å². The molecule has 1 aliphatic rings. The van der Waals surface area contributed by atoms with Crippen molar-refractivity contribution in [3.63, 3.8) is 0 Å². The van der Waals surface area contributed by atoms with Gasteiger partial charge < -0.3 is 9.84 Å². The molecule has 18 heavy (non-hydrogen) atoms. The van der Waals surface area contributed by atoms with E-state index in [1.165, 1.54) is 0 Å². The molecule has 4 nitrogen and oxygen atoms in total. The van der Waals surface area contributed by atoms with Crippen molar-refractivity contribution in [1.82, 2.24) is 4.90 Å². The van der Waals surface area contributed by atoms with Gasteiger partial charge in [0.25, 0.3) is 0 Å². The molecule has 4 heteroatoms. The maximum absolute atomic E-state index is 12.0. The average molecular weight is 249 g/mol. The highest BCUT2D eigenvalue weighted by Gasteiger charge is 2.24. The third-order valence-corrected chi connectivity index (χ3v) is 3.33. The molecule has 1 aromatic carbocycles. The van der Waals surface area contributed by atoms with Crippen LogP contribution in [0.4, 0.5) is 0 Å². The SMILES string of the molecule is COCC1CCN(CC(=O)c2ccc(O)cc2)C1. The number of methoxy groups -OCH3 is 1. The van der Waals surface area contributed by atoms with Crippen molar-refractivity contribution in [1.29, 1.82) is 0 Å². The van der Waals surface area contributed by atoms with Gasteiger partial charge in [-0.2, -0.15) is 0 Å². The Bertz CT molecular complexity index is 402. The molecule has 0 aromatic heterocycles. The maximum atomic E-state index is 12.0. The Kier molecular flexibility index (Phi) is 4.33. The molecular weight excluding hydrogens is 230 g/mol. The Labute approximate surface area is 107 Å². The fraction of sp³-hybridized carbons (Fsp3) is 0.500. The quantitative estimate of drug-likeness (QED) is 0.804. The lowest BCUT2D eigenvalue weighted by Gasteiger charge is -2.14. The summed E-state index contributed by atoms with van der Waals surface area (Å²) in [6.07, 6.45) is 1.09. The van der Waals surface area contributed by atoms with E-state index in [-0.39, 0.29) is 11.5 Å². The molecule has 0 amide bonds. The minimum atomic E-state index is 0.105. The highest BCUT2D eigenvalue weighted by atomic mass is 16.5. The number of likely N-dealkylation sites (tertiary alicyclic amines) is 1. The highest BCUT2D eigenvalue weighted by molar-refractivity contribution is 5.97. The normalized spacial score (nSPS) is 20.2. The van der Waals surface area contributed by atoms with Crippen LogP contribution >= 0.6 is 0 Å². The number of carbonyl (C=O) groups excluding carboxylic acids is 1. The topological polar surface area (TPSA) is 49.8 Å². The van der Waals surface area contributed by atoms with Crippen LogP contribution in [0.1, 0.15) is 16.8 Å². The van der Waals surface area contributed by atoms with Crippen molar-refractivity contribution in [3.8, 4) is 5.75 Å². The summed E-state index contributed by atoms with van der Waals surface area (Å²) in [5, 5.41) is 9.18. The summed E-state index contributed by atoms with van der Waals surface area (Å²) in [6, 6.07) is 6.43. The zero-order valence-corrected chi connectivity index (χ0v) is 10.6. The van der Waals surface area contributed by atoms with Crippen LogP contribution in [-0.4, -0.2) is 49.1 Å². The summed E-state index contributed by atoms with van der Waals surface area (Å²) in [4.78, 5) is 14.2. The summed E-state index contributed by atoms with van der Waals surface area (Å²) < 4.78 is 5.14. The molecule has 1 saturated heterocycles. The number of rotatable bonds is 5. The molecule has 1 fully saturated rings. The lowest BCUT2D eigenvalue weighted by Crippen LogP contribution is -2.28. The number of nitrogens with zero attached hydrogens (tertiary/aromatic N) is 1. The first-order valence-corrected chi connectivity index (χ1v) is 6.22. The lowest BCUT2D eigenvalue weighted by molar-refractivity contribution is 0.0937. The van der Waals surface area contributed by atoms with Crippen molar-refractivity contribution in [2.45, 2.75) is 6.42 Å². The minimum Gasteiger partial charge on any atom is -0.508 e. The molecule has 1 aromatic rings. The second kappa shape index (κ2) is 5.98. The van der Waals surface area contributed by atoms with Gasteiger partial charge in [0.1, 0.15) is 5.75 Å². The van der Waals surface area contributed by atoms with Crippen LogP contribution in [0.25, 0.3) is 0 Å². The predicted molar refractivity (Wildman–Crippen MR) is 68.9 cm³/mol. The Balaban J connectivity index is 1.87. The number of ketones is 1. The van der Waals surface area contributed by atoms with Gasteiger partial charge in [-0.1, -0.05) is 0 Å². The summed E-state index contributed by atoms with van der Waals surface area (Å²) in [6.45, 7) is 3.10. The van der Waals surface area contributed by atoms with E-state index >= 15 is 0 Å². The van der Waals surface area contributed by atoms with Gasteiger partial charge in [-0.05, 0) is 43.1 Å². The van der Waals surface area contributed by atoms with Crippen molar-refractivity contribution in [2.24, 2.45) is 5.92 Å². The zero-order valence-electron chi connectivity index (χ0n) is 10.6. The number of ether oxygens (including phenoxy) is 1. The monoisotopic (exact) mass is 249 g/mol. The number of benzene rings is 1. The molecule has 1 atom stereocenters. The lowest BCUT2D eigenvalue weighted by atomic mass is 10.1. The van der Waals surface area contributed by atoms with E-state index in [1.54, 1.807) is 31.4 Å². The Morgan fingerprint density at radius 3 is 2.83 bits per heavy atom. The summed E-state index contributed by atoms with van der Waals surface area (Å²) in [7, 11) is 1.71. The van der Waals surface area contributed by atoms with E-state index in [0.29, 0.717) is 18.0 Å². The van der Waals surface area contributed by atoms with Crippen LogP contribution in [-0.2, 0) is 4.74 Å². The summed E-state index contributed by atoms with van der Waals surface area (Å²) >= 11 is 0. The zero-order chi connectivity index (χ0) is 13.0. The first-order chi connectivity index (χ1) is 8.69. The average Bonchev–Trinajstić information content (AvgIpc) is 2.78. The maximum Gasteiger partial charge on any atom is 0.176 e. The number of phenolic OH excluding ortho intramolecular Hbond substituents is 1. The van der Waals surface area contributed by atoms with Gasteiger partial charge >= 0.3 is 0 Å².